The van der Waals surface area contributed by atoms with Crippen LogP contribution < -0.4 is 15.4 Å². The zero-order valence-corrected chi connectivity index (χ0v) is 20.0. The molecule has 2 aromatic carbocycles. The predicted octanol–water partition coefficient (Wildman–Crippen LogP) is 8.07. The Morgan fingerprint density at radius 1 is 0.914 bits per heavy atom. The van der Waals surface area contributed by atoms with Gasteiger partial charge in [0.2, 0.25) is 5.95 Å². The highest BCUT2D eigenvalue weighted by atomic mass is 19.4. The Labute approximate surface area is 204 Å². The van der Waals surface area contributed by atoms with Crippen LogP contribution in [0.5, 0.6) is 5.75 Å². The summed E-state index contributed by atoms with van der Waals surface area (Å²) in [6.45, 7) is 4.65. The van der Waals surface area contributed by atoms with Crippen molar-refractivity contribution in [3.8, 4) is 5.75 Å². The molecule has 0 bridgehead atoms. The second-order valence-corrected chi connectivity index (χ2v) is 9.39. The maximum Gasteiger partial charge on any atom is 0.421 e. The number of hydrogen-bond donors (Lipinski definition) is 2. The molecule has 2 N–H and O–H groups in total. The topological polar surface area (TPSA) is 59.1 Å². The maximum absolute atomic E-state index is 13.6. The van der Waals surface area contributed by atoms with Gasteiger partial charge < -0.3 is 15.4 Å². The van der Waals surface area contributed by atoms with E-state index in [0.717, 1.165) is 11.9 Å². The van der Waals surface area contributed by atoms with Gasteiger partial charge in [-0.25, -0.2) is 4.98 Å². The monoisotopic (exact) mass is 484 g/mol. The fraction of sp³-hybridized carbons (Fsp3) is 0.407. The number of alkyl halides is 3. The summed E-state index contributed by atoms with van der Waals surface area (Å²) in [5.74, 6) is 1.38. The first-order valence-electron chi connectivity index (χ1n) is 12.1. The molecule has 1 heterocycles. The van der Waals surface area contributed by atoms with Crippen LogP contribution in [0.1, 0.15) is 63.0 Å². The highest BCUT2D eigenvalue weighted by Gasteiger charge is 2.35. The molecular formula is C27H31F3N4O. The molecule has 1 fully saturated rings. The molecule has 3 aromatic rings. The van der Waals surface area contributed by atoms with Gasteiger partial charge in [0, 0.05) is 17.6 Å². The van der Waals surface area contributed by atoms with Gasteiger partial charge in [-0.1, -0.05) is 45.2 Å². The van der Waals surface area contributed by atoms with Crippen LogP contribution in [0.3, 0.4) is 0 Å². The van der Waals surface area contributed by atoms with Crippen LogP contribution >= 0.6 is 0 Å². The third kappa shape index (κ3) is 6.87. The quantitative estimate of drug-likeness (QED) is 0.339. The minimum Gasteiger partial charge on any atom is -0.493 e. The van der Waals surface area contributed by atoms with Crippen molar-refractivity contribution in [3.63, 3.8) is 0 Å². The summed E-state index contributed by atoms with van der Waals surface area (Å²) in [6.07, 6.45) is 2.43. The average molecular weight is 485 g/mol. The third-order valence-electron chi connectivity index (χ3n) is 6.04. The first-order chi connectivity index (χ1) is 16.8. The summed E-state index contributed by atoms with van der Waals surface area (Å²) in [5, 5.41) is 5.81. The Hall–Kier alpha value is -3.29. The van der Waals surface area contributed by atoms with E-state index >= 15 is 0 Å². The van der Waals surface area contributed by atoms with Crippen molar-refractivity contribution >= 4 is 23.1 Å². The van der Waals surface area contributed by atoms with Gasteiger partial charge in [0.15, 0.2) is 0 Å². The van der Waals surface area contributed by atoms with Gasteiger partial charge in [-0.05, 0) is 66.6 Å². The lowest BCUT2D eigenvalue weighted by atomic mass is 9.84. The summed E-state index contributed by atoms with van der Waals surface area (Å²) in [4.78, 5) is 8.05. The lowest BCUT2D eigenvalue weighted by molar-refractivity contribution is -0.137. The highest BCUT2D eigenvalue weighted by molar-refractivity contribution is 5.63. The van der Waals surface area contributed by atoms with E-state index in [4.69, 9.17) is 4.74 Å². The van der Waals surface area contributed by atoms with E-state index < -0.39 is 11.7 Å². The second-order valence-electron chi connectivity index (χ2n) is 9.39. The first kappa shape index (κ1) is 24.8. The van der Waals surface area contributed by atoms with Crippen LogP contribution in [0, 0.1) is 5.92 Å². The smallest absolute Gasteiger partial charge is 0.421 e. The van der Waals surface area contributed by atoms with E-state index in [1.165, 1.54) is 37.7 Å². The molecule has 1 saturated carbocycles. The number of nitrogens with one attached hydrogen (secondary N) is 2. The normalized spacial score (nSPS) is 14.7. The van der Waals surface area contributed by atoms with E-state index in [2.05, 4.69) is 32.7 Å². The van der Waals surface area contributed by atoms with Gasteiger partial charge in [-0.2, -0.15) is 18.2 Å². The van der Waals surface area contributed by atoms with E-state index in [-0.39, 0.29) is 11.8 Å². The van der Waals surface area contributed by atoms with Gasteiger partial charge in [0.25, 0.3) is 0 Å². The van der Waals surface area contributed by atoms with Crippen LogP contribution in [0.4, 0.5) is 36.3 Å². The fourth-order valence-electron chi connectivity index (χ4n) is 4.18. The Bertz CT molecular complexity index is 1090. The summed E-state index contributed by atoms with van der Waals surface area (Å²) >= 11 is 0. The van der Waals surface area contributed by atoms with Gasteiger partial charge >= 0.3 is 6.18 Å². The molecule has 1 aromatic heterocycles. The number of nitrogens with zero attached hydrogens (tertiary/aromatic N) is 2. The third-order valence-corrected chi connectivity index (χ3v) is 6.04. The molecule has 5 nitrogen and oxygen atoms in total. The number of rotatable bonds is 8. The molecule has 4 rings (SSSR count). The SMILES string of the molecule is CC(C)COc1ccc(Nc2nc(Nc3ccc(C4CCCCC4)cc3)ncc2C(F)(F)F)cc1. The Balaban J connectivity index is 1.49. The van der Waals surface area contributed by atoms with Crippen LogP contribution in [0.25, 0.3) is 0 Å². The van der Waals surface area contributed by atoms with Crippen molar-refractivity contribution in [1.82, 2.24) is 9.97 Å². The molecule has 0 aliphatic heterocycles. The van der Waals surface area contributed by atoms with Crippen LogP contribution in [0.15, 0.2) is 54.7 Å². The molecule has 0 spiro atoms. The number of halogens is 3. The molecule has 1 aliphatic rings. The second kappa shape index (κ2) is 11.0. The molecule has 0 saturated heterocycles. The van der Waals surface area contributed by atoms with Crippen molar-refractivity contribution in [3.05, 3.63) is 65.9 Å². The molecule has 0 atom stereocenters. The summed E-state index contributed by atoms with van der Waals surface area (Å²) in [7, 11) is 0. The van der Waals surface area contributed by atoms with Crippen LogP contribution in [-0.4, -0.2) is 16.6 Å². The van der Waals surface area contributed by atoms with E-state index in [0.29, 0.717) is 29.9 Å². The zero-order valence-electron chi connectivity index (χ0n) is 20.0. The zero-order chi connectivity index (χ0) is 24.8. The highest BCUT2D eigenvalue weighted by Crippen LogP contribution is 2.36. The van der Waals surface area contributed by atoms with Crippen LogP contribution in [-0.2, 0) is 6.18 Å². The van der Waals surface area contributed by atoms with E-state index in [1.807, 2.05) is 26.0 Å². The van der Waals surface area contributed by atoms with E-state index in [9.17, 15) is 13.2 Å². The Morgan fingerprint density at radius 2 is 1.54 bits per heavy atom. The largest absolute Gasteiger partial charge is 0.493 e. The lowest BCUT2D eigenvalue weighted by Gasteiger charge is -2.22. The van der Waals surface area contributed by atoms with Crippen molar-refractivity contribution in [2.24, 2.45) is 5.92 Å². The van der Waals surface area contributed by atoms with Gasteiger partial charge in [0.05, 0.1) is 6.61 Å². The molecule has 0 unspecified atom stereocenters. The molecule has 35 heavy (non-hydrogen) atoms. The van der Waals surface area contributed by atoms with Crippen molar-refractivity contribution in [1.29, 1.82) is 0 Å². The van der Waals surface area contributed by atoms with Crippen molar-refractivity contribution < 1.29 is 17.9 Å². The Kier molecular flexibility index (Phi) is 7.78. The van der Waals surface area contributed by atoms with E-state index in [1.54, 1.807) is 24.3 Å². The van der Waals surface area contributed by atoms with Crippen LogP contribution in [0.2, 0.25) is 0 Å². The minimum absolute atomic E-state index is 0.0859. The van der Waals surface area contributed by atoms with Gasteiger partial charge in [0.1, 0.15) is 17.1 Å². The van der Waals surface area contributed by atoms with Crippen molar-refractivity contribution in [2.75, 3.05) is 17.2 Å². The number of ether oxygens (including phenoxy) is 1. The number of benzene rings is 2. The molecule has 186 valence electrons. The number of anilines is 4. The standard InChI is InChI=1S/C27H31F3N4O/c1-18(2)17-35-23-14-12-21(13-15-23)32-25-24(27(28,29)30)16-31-26(34-25)33-22-10-8-20(9-11-22)19-6-4-3-5-7-19/h8-16,18-19H,3-7,17H2,1-2H3,(H2,31,32,33,34). The molecular weight excluding hydrogens is 453 g/mol. The number of hydrogen-bond acceptors (Lipinski definition) is 5. The summed E-state index contributed by atoms with van der Waals surface area (Å²) in [6, 6.07) is 14.7. The van der Waals surface area contributed by atoms with Crippen molar-refractivity contribution in [2.45, 2.75) is 58.0 Å². The lowest BCUT2D eigenvalue weighted by Crippen LogP contribution is -2.12. The number of aromatic nitrogens is 2. The minimum atomic E-state index is -4.59. The molecule has 1 aliphatic carbocycles. The van der Waals surface area contributed by atoms with Gasteiger partial charge in [-0.15, -0.1) is 0 Å². The Morgan fingerprint density at radius 3 is 2.17 bits per heavy atom. The average Bonchev–Trinajstić information content (AvgIpc) is 2.84. The molecule has 8 heteroatoms. The molecule has 0 amide bonds. The predicted molar refractivity (Wildman–Crippen MR) is 133 cm³/mol. The van der Waals surface area contributed by atoms with Gasteiger partial charge in [-0.3, -0.25) is 0 Å². The fourth-order valence-corrected chi connectivity index (χ4v) is 4.18. The summed E-state index contributed by atoms with van der Waals surface area (Å²) in [5.41, 5.74) is 1.55. The molecule has 0 radical (unpaired) electrons. The maximum atomic E-state index is 13.6. The summed E-state index contributed by atoms with van der Waals surface area (Å²) < 4.78 is 46.5. The first-order valence-corrected chi connectivity index (χ1v) is 12.1.